The van der Waals surface area contributed by atoms with Crippen LogP contribution in [-0.4, -0.2) is 22.8 Å². The van der Waals surface area contributed by atoms with E-state index in [1.54, 1.807) is 0 Å². The van der Waals surface area contributed by atoms with E-state index < -0.39 is 12.6 Å². The first-order valence-electron chi connectivity index (χ1n) is 11.2. The average Bonchev–Trinajstić information content (AvgIpc) is 2.75. The van der Waals surface area contributed by atoms with E-state index in [0.717, 1.165) is 54.7 Å². The van der Waals surface area contributed by atoms with E-state index in [-0.39, 0.29) is 5.41 Å². The summed E-state index contributed by atoms with van der Waals surface area (Å²) >= 11 is 14.5. The van der Waals surface area contributed by atoms with Crippen molar-refractivity contribution in [2.75, 3.05) is 0 Å². The number of hydrogen-bond donors (Lipinski definition) is 2. The second-order valence-electron chi connectivity index (χ2n) is 8.59. The van der Waals surface area contributed by atoms with E-state index in [9.17, 15) is 10.2 Å². The number of unbranched alkanes of at least 4 members (excludes halogenated alkanes) is 2. The number of benzene rings is 2. The van der Waals surface area contributed by atoms with E-state index in [4.69, 9.17) is 9.47 Å². The van der Waals surface area contributed by atoms with Gasteiger partial charge in [-0.25, -0.2) is 0 Å². The minimum atomic E-state index is -0.844. The summed E-state index contributed by atoms with van der Waals surface area (Å²) in [6.07, 6.45) is 3.30. The summed E-state index contributed by atoms with van der Waals surface area (Å²) in [4.78, 5) is 0. The summed E-state index contributed by atoms with van der Waals surface area (Å²) in [7, 11) is 0. The van der Waals surface area contributed by atoms with Crippen LogP contribution in [0.1, 0.15) is 77.3 Å². The molecule has 0 radical (unpaired) electrons. The molecule has 4 nitrogen and oxygen atoms in total. The van der Waals surface area contributed by atoms with E-state index in [2.05, 4.69) is 91.4 Å². The molecule has 0 aliphatic rings. The van der Waals surface area contributed by atoms with Crippen LogP contribution in [0.5, 0.6) is 11.5 Å². The van der Waals surface area contributed by atoms with Gasteiger partial charge in [0.1, 0.15) is 0 Å². The fourth-order valence-corrected chi connectivity index (χ4v) is 6.13. The van der Waals surface area contributed by atoms with Gasteiger partial charge in [-0.1, -0.05) is 40.5 Å². The normalized spacial score (nSPS) is 13.6. The van der Waals surface area contributed by atoms with Gasteiger partial charge in [0.15, 0.2) is 24.1 Å². The number of halogens is 4. The Morgan fingerprint density at radius 3 is 1.27 bits per heavy atom. The quantitative estimate of drug-likeness (QED) is 0.216. The molecule has 0 aliphatic heterocycles. The molecule has 0 aromatic heterocycles. The van der Waals surface area contributed by atoms with Crippen LogP contribution >= 0.6 is 63.7 Å². The minimum absolute atomic E-state index is 0.352. The highest BCUT2D eigenvalue weighted by molar-refractivity contribution is 9.11. The molecule has 33 heavy (non-hydrogen) atoms. The molecule has 0 bridgehead atoms. The molecule has 2 rings (SSSR count). The molecule has 2 unspecified atom stereocenters. The van der Waals surface area contributed by atoms with Crippen molar-refractivity contribution < 1.29 is 19.7 Å². The second kappa shape index (κ2) is 13.3. The average molecular weight is 716 g/mol. The van der Waals surface area contributed by atoms with Crippen LogP contribution in [0.2, 0.25) is 0 Å². The maximum absolute atomic E-state index is 10.2. The molecule has 2 N–H and O–H groups in total. The fourth-order valence-electron chi connectivity index (χ4n) is 3.38. The van der Waals surface area contributed by atoms with Crippen LogP contribution in [0, 0.1) is 0 Å². The molecular formula is C25H32Br4O4. The first kappa shape index (κ1) is 29.1. The van der Waals surface area contributed by atoms with E-state index in [0.29, 0.717) is 24.3 Å². The molecule has 2 aromatic rings. The first-order chi connectivity index (χ1) is 15.5. The van der Waals surface area contributed by atoms with Crippen molar-refractivity contribution >= 4 is 63.7 Å². The summed E-state index contributed by atoms with van der Waals surface area (Å²) in [5.74, 6) is 1.18. The van der Waals surface area contributed by atoms with Crippen molar-refractivity contribution in [3.8, 4) is 11.5 Å². The summed E-state index contributed by atoms with van der Waals surface area (Å²) in [6.45, 7) is 8.45. The van der Waals surface area contributed by atoms with Crippen molar-refractivity contribution in [1.29, 1.82) is 0 Å². The molecule has 2 atom stereocenters. The molecule has 0 saturated carbocycles. The maximum Gasteiger partial charge on any atom is 0.197 e. The molecule has 0 amide bonds. The Bertz CT molecular complexity index is 813. The van der Waals surface area contributed by atoms with Gasteiger partial charge < -0.3 is 19.7 Å². The van der Waals surface area contributed by atoms with Gasteiger partial charge >= 0.3 is 0 Å². The lowest BCUT2D eigenvalue weighted by Crippen LogP contribution is -2.21. The van der Waals surface area contributed by atoms with Crippen LogP contribution in [-0.2, 0) is 5.41 Å². The molecule has 184 valence electrons. The van der Waals surface area contributed by atoms with Crippen molar-refractivity contribution in [2.45, 2.75) is 84.2 Å². The summed E-state index contributed by atoms with van der Waals surface area (Å²) in [6, 6.07) is 8.08. The molecular weight excluding hydrogens is 684 g/mol. The molecule has 0 saturated heterocycles. The van der Waals surface area contributed by atoms with Crippen molar-refractivity contribution in [2.24, 2.45) is 0 Å². The van der Waals surface area contributed by atoms with E-state index in [1.807, 2.05) is 24.3 Å². The minimum Gasteiger partial charge on any atom is -0.463 e. The molecule has 8 heteroatoms. The van der Waals surface area contributed by atoms with Gasteiger partial charge in [0.05, 0.1) is 17.9 Å². The zero-order chi connectivity index (χ0) is 24.8. The third-order valence-electron chi connectivity index (χ3n) is 5.56. The van der Waals surface area contributed by atoms with Crippen molar-refractivity contribution in [3.63, 3.8) is 0 Å². The van der Waals surface area contributed by atoms with Crippen LogP contribution in [0.4, 0.5) is 0 Å². The number of aliphatic hydroxyl groups is 2. The Morgan fingerprint density at radius 2 is 1.00 bits per heavy atom. The van der Waals surface area contributed by atoms with Crippen LogP contribution in [0.15, 0.2) is 42.2 Å². The lowest BCUT2D eigenvalue weighted by Gasteiger charge is -2.29. The van der Waals surface area contributed by atoms with Crippen molar-refractivity contribution in [3.05, 3.63) is 53.3 Å². The Balaban J connectivity index is 2.32. The smallest absolute Gasteiger partial charge is 0.197 e. The number of rotatable bonds is 12. The lowest BCUT2D eigenvalue weighted by molar-refractivity contribution is -0.0258. The second-order valence-corrected chi connectivity index (χ2v) is 12.0. The van der Waals surface area contributed by atoms with Gasteiger partial charge in [-0.05, 0) is 112 Å². The summed E-state index contributed by atoms with van der Waals surface area (Å²) < 4.78 is 14.6. The van der Waals surface area contributed by atoms with Gasteiger partial charge in [-0.15, -0.1) is 0 Å². The predicted octanol–water partition coefficient (Wildman–Crippen LogP) is 8.84. The highest BCUT2D eigenvalue weighted by atomic mass is 79.9. The molecule has 0 aliphatic carbocycles. The van der Waals surface area contributed by atoms with Crippen LogP contribution in [0.3, 0.4) is 0 Å². The third-order valence-corrected chi connectivity index (χ3v) is 7.91. The molecule has 0 spiro atoms. The lowest BCUT2D eigenvalue weighted by atomic mass is 9.78. The van der Waals surface area contributed by atoms with Gasteiger partial charge in [0.2, 0.25) is 0 Å². The van der Waals surface area contributed by atoms with E-state index >= 15 is 0 Å². The molecule has 0 fully saturated rings. The monoisotopic (exact) mass is 712 g/mol. The van der Waals surface area contributed by atoms with Gasteiger partial charge in [-0.2, -0.15) is 0 Å². The van der Waals surface area contributed by atoms with Gasteiger partial charge in [-0.3, -0.25) is 0 Å². The number of aliphatic hydroxyl groups excluding tert-OH is 2. The predicted molar refractivity (Wildman–Crippen MR) is 148 cm³/mol. The standard InChI is InChI=1S/C25H32Br4O4/c1-5-7-9-21(30)32-23-17(26)11-15(12-18(23)27)25(3,4)16-13-19(28)24(20(29)14-16)33-22(31)10-8-6-2/h11-14,21-22,30-31H,5-10H2,1-4H3. The Kier molecular flexibility index (Phi) is 11.7. The summed E-state index contributed by atoms with van der Waals surface area (Å²) in [5, 5.41) is 20.4. The highest BCUT2D eigenvalue weighted by Crippen LogP contribution is 2.44. The zero-order valence-electron chi connectivity index (χ0n) is 19.4. The number of ether oxygens (including phenoxy) is 2. The highest BCUT2D eigenvalue weighted by Gasteiger charge is 2.28. The van der Waals surface area contributed by atoms with Gasteiger partial charge in [0.25, 0.3) is 0 Å². The zero-order valence-corrected chi connectivity index (χ0v) is 25.8. The van der Waals surface area contributed by atoms with Crippen LogP contribution in [0.25, 0.3) is 0 Å². The van der Waals surface area contributed by atoms with Crippen molar-refractivity contribution in [1.82, 2.24) is 0 Å². The molecule has 0 heterocycles. The Morgan fingerprint density at radius 1 is 0.697 bits per heavy atom. The summed E-state index contributed by atoms with van der Waals surface area (Å²) in [5.41, 5.74) is 1.77. The molecule has 2 aromatic carbocycles. The third kappa shape index (κ3) is 7.94. The number of hydrogen-bond acceptors (Lipinski definition) is 4. The van der Waals surface area contributed by atoms with Crippen LogP contribution < -0.4 is 9.47 Å². The first-order valence-corrected chi connectivity index (χ1v) is 14.4. The maximum atomic E-state index is 10.2. The SMILES string of the molecule is CCCCC(O)Oc1c(Br)cc(C(C)(C)c2cc(Br)c(OC(O)CCCC)c(Br)c2)cc1Br. The van der Waals surface area contributed by atoms with Gasteiger partial charge in [0, 0.05) is 18.3 Å². The fraction of sp³-hybridized carbons (Fsp3) is 0.520. The Labute approximate surface area is 231 Å². The Hall–Kier alpha value is -0.120. The topological polar surface area (TPSA) is 58.9 Å². The van der Waals surface area contributed by atoms with E-state index in [1.165, 1.54) is 0 Å². The largest absolute Gasteiger partial charge is 0.463 e.